The van der Waals surface area contributed by atoms with Crippen LogP contribution in [-0.4, -0.2) is 32.3 Å². The SMILES string of the molecule is COC(=O)c1ccccc1NC(=O)NCCOc1ccc(C(C)(C)C)cc1. The van der Waals surface area contributed by atoms with Crippen LogP contribution in [0.5, 0.6) is 5.75 Å². The number of carbonyl (C=O) groups is 2. The zero-order chi connectivity index (χ0) is 19.9. The number of rotatable bonds is 6. The van der Waals surface area contributed by atoms with Gasteiger partial charge in [0.05, 0.1) is 24.9 Å². The van der Waals surface area contributed by atoms with Gasteiger partial charge >= 0.3 is 12.0 Å². The molecule has 2 aromatic carbocycles. The van der Waals surface area contributed by atoms with Crippen LogP contribution >= 0.6 is 0 Å². The number of esters is 1. The fourth-order valence-corrected chi connectivity index (χ4v) is 2.43. The molecule has 0 atom stereocenters. The summed E-state index contributed by atoms with van der Waals surface area (Å²) in [4.78, 5) is 23.7. The lowest BCUT2D eigenvalue weighted by molar-refractivity contribution is 0.0602. The molecule has 2 aromatic rings. The van der Waals surface area contributed by atoms with Gasteiger partial charge in [0.2, 0.25) is 0 Å². The average molecular weight is 370 g/mol. The van der Waals surface area contributed by atoms with Crippen LogP contribution in [0.25, 0.3) is 0 Å². The first-order chi connectivity index (χ1) is 12.8. The summed E-state index contributed by atoms with van der Waals surface area (Å²) in [6, 6.07) is 14.2. The van der Waals surface area contributed by atoms with Crippen molar-refractivity contribution in [1.82, 2.24) is 5.32 Å². The van der Waals surface area contributed by atoms with E-state index in [-0.39, 0.29) is 5.41 Å². The van der Waals surface area contributed by atoms with E-state index in [0.29, 0.717) is 24.4 Å². The molecule has 0 aliphatic rings. The topological polar surface area (TPSA) is 76.7 Å². The minimum Gasteiger partial charge on any atom is -0.492 e. The molecule has 0 bridgehead atoms. The third-order valence-electron chi connectivity index (χ3n) is 3.96. The minimum absolute atomic E-state index is 0.0959. The Morgan fingerprint density at radius 3 is 2.30 bits per heavy atom. The summed E-state index contributed by atoms with van der Waals surface area (Å²) < 4.78 is 10.3. The second-order valence-electron chi connectivity index (χ2n) is 7.04. The van der Waals surface area contributed by atoms with Crippen molar-refractivity contribution in [2.24, 2.45) is 0 Å². The summed E-state index contributed by atoms with van der Waals surface area (Å²) in [5.41, 5.74) is 2.01. The molecule has 2 rings (SSSR count). The summed E-state index contributed by atoms with van der Waals surface area (Å²) >= 11 is 0. The number of benzene rings is 2. The van der Waals surface area contributed by atoms with Crippen molar-refractivity contribution in [2.45, 2.75) is 26.2 Å². The molecular formula is C21H26N2O4. The zero-order valence-corrected chi connectivity index (χ0v) is 16.2. The molecule has 0 radical (unpaired) electrons. The summed E-state index contributed by atoms with van der Waals surface area (Å²) in [6.07, 6.45) is 0. The molecule has 0 spiro atoms. The van der Waals surface area contributed by atoms with Crippen molar-refractivity contribution in [3.05, 3.63) is 59.7 Å². The molecule has 0 heterocycles. The molecule has 27 heavy (non-hydrogen) atoms. The van der Waals surface area contributed by atoms with E-state index in [0.717, 1.165) is 5.75 Å². The van der Waals surface area contributed by atoms with Gasteiger partial charge in [-0.25, -0.2) is 9.59 Å². The monoisotopic (exact) mass is 370 g/mol. The molecule has 6 nitrogen and oxygen atoms in total. The van der Waals surface area contributed by atoms with E-state index in [1.165, 1.54) is 12.7 Å². The maximum atomic E-state index is 12.0. The average Bonchev–Trinajstić information content (AvgIpc) is 2.65. The number of para-hydroxylation sites is 1. The number of nitrogens with one attached hydrogen (secondary N) is 2. The number of hydrogen-bond acceptors (Lipinski definition) is 4. The Morgan fingerprint density at radius 1 is 1.00 bits per heavy atom. The Labute approximate surface area is 159 Å². The fourth-order valence-electron chi connectivity index (χ4n) is 2.43. The summed E-state index contributed by atoms with van der Waals surface area (Å²) in [7, 11) is 1.30. The van der Waals surface area contributed by atoms with Gasteiger partial charge in [-0.3, -0.25) is 0 Å². The van der Waals surface area contributed by atoms with Gasteiger partial charge in [-0.2, -0.15) is 0 Å². The third kappa shape index (κ3) is 6.02. The molecule has 0 fully saturated rings. The number of carbonyl (C=O) groups excluding carboxylic acids is 2. The molecule has 2 amide bonds. The Morgan fingerprint density at radius 2 is 1.67 bits per heavy atom. The summed E-state index contributed by atoms with van der Waals surface area (Å²) in [5.74, 6) is 0.245. The number of ether oxygens (including phenoxy) is 2. The van der Waals surface area contributed by atoms with Crippen LogP contribution in [0.2, 0.25) is 0 Å². The first kappa shape index (κ1) is 20.3. The Hall–Kier alpha value is -3.02. The highest BCUT2D eigenvalue weighted by Gasteiger charge is 2.14. The maximum Gasteiger partial charge on any atom is 0.339 e. The van der Waals surface area contributed by atoms with Gasteiger partial charge in [0.25, 0.3) is 0 Å². The highest BCUT2D eigenvalue weighted by Crippen LogP contribution is 2.24. The number of methoxy groups -OCH3 is 1. The predicted molar refractivity (Wildman–Crippen MR) is 105 cm³/mol. The Bertz CT molecular complexity index is 780. The number of hydrogen-bond donors (Lipinski definition) is 2. The van der Waals surface area contributed by atoms with E-state index in [1.54, 1.807) is 24.3 Å². The quantitative estimate of drug-likeness (QED) is 0.596. The lowest BCUT2D eigenvalue weighted by atomic mass is 9.87. The van der Waals surface area contributed by atoms with Crippen molar-refractivity contribution in [1.29, 1.82) is 0 Å². The van der Waals surface area contributed by atoms with Crippen LogP contribution in [-0.2, 0) is 10.2 Å². The van der Waals surface area contributed by atoms with Gasteiger partial charge in [0, 0.05) is 0 Å². The Kier molecular flexibility index (Phi) is 6.82. The van der Waals surface area contributed by atoms with Crippen LogP contribution in [0.3, 0.4) is 0 Å². The minimum atomic E-state index is -0.507. The summed E-state index contributed by atoms with van der Waals surface area (Å²) in [6.45, 7) is 7.13. The van der Waals surface area contributed by atoms with Crippen molar-refractivity contribution >= 4 is 17.7 Å². The second-order valence-corrected chi connectivity index (χ2v) is 7.04. The molecule has 0 aliphatic heterocycles. The lowest BCUT2D eigenvalue weighted by Crippen LogP contribution is -2.32. The van der Waals surface area contributed by atoms with Gasteiger partial charge < -0.3 is 20.1 Å². The standard InChI is InChI=1S/C21H26N2O4/c1-21(2,3)15-9-11-16(12-10-15)27-14-13-22-20(25)23-18-8-6-5-7-17(18)19(24)26-4/h5-12H,13-14H2,1-4H3,(H2,22,23,25). The lowest BCUT2D eigenvalue weighted by Gasteiger charge is -2.19. The third-order valence-corrected chi connectivity index (χ3v) is 3.96. The van der Waals surface area contributed by atoms with E-state index in [2.05, 4.69) is 31.4 Å². The van der Waals surface area contributed by atoms with Gasteiger partial charge in [-0.05, 0) is 35.2 Å². The molecule has 0 saturated heterocycles. The van der Waals surface area contributed by atoms with Gasteiger partial charge in [-0.1, -0.05) is 45.0 Å². The normalized spacial score (nSPS) is 10.8. The molecule has 2 N–H and O–H groups in total. The van der Waals surface area contributed by atoms with E-state index >= 15 is 0 Å². The first-order valence-corrected chi connectivity index (χ1v) is 8.77. The van der Waals surface area contributed by atoms with Crippen molar-refractivity contribution < 1.29 is 19.1 Å². The molecular weight excluding hydrogens is 344 g/mol. The van der Waals surface area contributed by atoms with Crippen LogP contribution in [0.4, 0.5) is 10.5 Å². The van der Waals surface area contributed by atoms with Crippen molar-refractivity contribution in [2.75, 3.05) is 25.6 Å². The molecule has 0 aliphatic carbocycles. The first-order valence-electron chi connectivity index (χ1n) is 8.77. The zero-order valence-electron chi connectivity index (χ0n) is 16.2. The van der Waals surface area contributed by atoms with Crippen LogP contribution in [0.15, 0.2) is 48.5 Å². The predicted octanol–water partition coefficient (Wildman–Crippen LogP) is 3.97. The molecule has 0 aromatic heterocycles. The smallest absolute Gasteiger partial charge is 0.339 e. The number of anilines is 1. The van der Waals surface area contributed by atoms with Crippen molar-refractivity contribution in [3.63, 3.8) is 0 Å². The van der Waals surface area contributed by atoms with E-state index in [1.807, 2.05) is 24.3 Å². The molecule has 0 saturated carbocycles. The van der Waals surface area contributed by atoms with Crippen molar-refractivity contribution in [3.8, 4) is 5.75 Å². The van der Waals surface area contributed by atoms with E-state index < -0.39 is 12.0 Å². The highest BCUT2D eigenvalue weighted by atomic mass is 16.5. The maximum absolute atomic E-state index is 12.0. The Balaban J connectivity index is 1.79. The van der Waals surface area contributed by atoms with Gasteiger partial charge in [-0.15, -0.1) is 0 Å². The highest BCUT2D eigenvalue weighted by molar-refractivity contribution is 6.00. The van der Waals surface area contributed by atoms with E-state index in [4.69, 9.17) is 9.47 Å². The number of amides is 2. The van der Waals surface area contributed by atoms with Gasteiger partial charge in [0.15, 0.2) is 0 Å². The molecule has 144 valence electrons. The largest absolute Gasteiger partial charge is 0.492 e. The van der Waals surface area contributed by atoms with Gasteiger partial charge in [0.1, 0.15) is 12.4 Å². The second kappa shape index (κ2) is 9.07. The molecule has 6 heteroatoms. The number of urea groups is 1. The summed E-state index contributed by atoms with van der Waals surface area (Å²) in [5, 5.41) is 5.34. The van der Waals surface area contributed by atoms with Crippen LogP contribution in [0, 0.1) is 0 Å². The van der Waals surface area contributed by atoms with Crippen LogP contribution in [0.1, 0.15) is 36.7 Å². The fraction of sp³-hybridized carbons (Fsp3) is 0.333. The van der Waals surface area contributed by atoms with Crippen LogP contribution < -0.4 is 15.4 Å². The van der Waals surface area contributed by atoms with E-state index in [9.17, 15) is 9.59 Å². The molecule has 0 unspecified atom stereocenters.